The molecular weight excluding hydrogens is 404 g/mol. The molecule has 9 heteroatoms. The summed E-state index contributed by atoms with van der Waals surface area (Å²) in [4.78, 5) is 30.2. The number of nitrogens with two attached hydrogens (primary N) is 1. The third-order valence-corrected chi connectivity index (χ3v) is 5.70. The highest BCUT2D eigenvalue weighted by Gasteiger charge is 2.19. The van der Waals surface area contributed by atoms with Crippen LogP contribution in [0.5, 0.6) is 11.5 Å². The smallest absolute Gasteiger partial charge is 0.281 e. The lowest BCUT2D eigenvalue weighted by molar-refractivity contribution is -0.121. The van der Waals surface area contributed by atoms with E-state index >= 15 is 0 Å². The summed E-state index contributed by atoms with van der Waals surface area (Å²) >= 11 is 1.20. The van der Waals surface area contributed by atoms with Crippen molar-refractivity contribution >= 4 is 39.1 Å². The molecule has 158 valence electrons. The van der Waals surface area contributed by atoms with E-state index in [0.717, 1.165) is 22.2 Å². The first-order valence-corrected chi connectivity index (χ1v) is 10.1. The Labute approximate surface area is 178 Å². The van der Waals surface area contributed by atoms with E-state index in [-0.39, 0.29) is 12.3 Å². The maximum absolute atomic E-state index is 12.5. The molecule has 0 saturated heterocycles. The number of nitrogens with one attached hydrogen (secondary N) is 2. The molecule has 0 fully saturated rings. The number of aryl methyl sites for hydroxylation is 3. The predicted octanol–water partition coefficient (Wildman–Crippen LogP) is 2.91. The second-order valence-electron chi connectivity index (χ2n) is 6.83. The molecule has 3 rings (SSSR count). The van der Waals surface area contributed by atoms with Gasteiger partial charge >= 0.3 is 0 Å². The number of fused-ring (bicyclic) bond motifs is 1. The van der Waals surface area contributed by atoms with E-state index in [9.17, 15) is 9.59 Å². The van der Waals surface area contributed by atoms with Crippen molar-refractivity contribution in [3.63, 3.8) is 0 Å². The molecule has 0 radical (unpaired) electrons. The molecule has 0 atom stereocenters. The van der Waals surface area contributed by atoms with Crippen LogP contribution in [-0.2, 0) is 11.2 Å². The lowest BCUT2D eigenvalue weighted by Crippen LogP contribution is -2.41. The van der Waals surface area contributed by atoms with Gasteiger partial charge in [-0.1, -0.05) is 0 Å². The number of pyridine rings is 1. The van der Waals surface area contributed by atoms with Gasteiger partial charge in [-0.05, 0) is 49.6 Å². The number of hydrogen-bond acceptors (Lipinski definition) is 7. The summed E-state index contributed by atoms with van der Waals surface area (Å²) in [5.74, 6) is 0.508. The summed E-state index contributed by atoms with van der Waals surface area (Å²) in [7, 11) is 3.14. The van der Waals surface area contributed by atoms with Gasteiger partial charge in [0.25, 0.3) is 5.91 Å². The first-order chi connectivity index (χ1) is 14.3. The third kappa shape index (κ3) is 4.62. The Morgan fingerprint density at radius 3 is 2.37 bits per heavy atom. The van der Waals surface area contributed by atoms with Crippen LogP contribution < -0.4 is 26.1 Å². The van der Waals surface area contributed by atoms with E-state index in [2.05, 4.69) is 15.8 Å². The number of carbonyl (C=O) groups is 2. The maximum Gasteiger partial charge on any atom is 0.281 e. The van der Waals surface area contributed by atoms with Crippen molar-refractivity contribution in [3.8, 4) is 11.5 Å². The van der Waals surface area contributed by atoms with E-state index < -0.39 is 5.91 Å². The summed E-state index contributed by atoms with van der Waals surface area (Å²) in [5.41, 5.74) is 14.1. The number of aromatic nitrogens is 1. The van der Waals surface area contributed by atoms with Gasteiger partial charge in [-0.15, -0.1) is 11.3 Å². The van der Waals surface area contributed by atoms with Crippen molar-refractivity contribution < 1.29 is 19.1 Å². The Balaban J connectivity index is 1.61. The zero-order valence-corrected chi connectivity index (χ0v) is 18.1. The zero-order chi connectivity index (χ0) is 21.8. The fourth-order valence-electron chi connectivity index (χ4n) is 3.15. The Bertz CT molecular complexity index is 1090. The average molecular weight is 429 g/mol. The van der Waals surface area contributed by atoms with Gasteiger partial charge in [0.1, 0.15) is 21.2 Å². The van der Waals surface area contributed by atoms with E-state index in [1.54, 1.807) is 20.3 Å². The largest absolute Gasteiger partial charge is 0.497 e. The van der Waals surface area contributed by atoms with E-state index in [1.165, 1.54) is 11.3 Å². The summed E-state index contributed by atoms with van der Waals surface area (Å²) in [6, 6.07) is 7.35. The number of benzene rings is 1. The molecule has 1 aromatic carbocycles. The van der Waals surface area contributed by atoms with Gasteiger partial charge in [-0.3, -0.25) is 20.4 Å². The van der Waals surface area contributed by atoms with Gasteiger partial charge in [-0.2, -0.15) is 0 Å². The number of nitrogen functional groups attached to an aromatic ring is 1. The Hall–Kier alpha value is -3.33. The number of anilines is 1. The number of amides is 2. The van der Waals surface area contributed by atoms with Crippen molar-refractivity contribution in [1.29, 1.82) is 0 Å². The molecular formula is C21H24N4O4S. The van der Waals surface area contributed by atoms with Crippen molar-refractivity contribution in [2.75, 3.05) is 20.0 Å². The van der Waals surface area contributed by atoms with Crippen molar-refractivity contribution in [2.45, 2.75) is 26.7 Å². The van der Waals surface area contributed by atoms with E-state index in [0.29, 0.717) is 33.3 Å². The number of nitrogens with zero attached hydrogens (tertiary/aromatic N) is 1. The Morgan fingerprint density at radius 2 is 1.73 bits per heavy atom. The van der Waals surface area contributed by atoms with Crippen molar-refractivity contribution in [1.82, 2.24) is 15.8 Å². The lowest BCUT2D eigenvalue weighted by atomic mass is 10.1. The summed E-state index contributed by atoms with van der Waals surface area (Å²) in [6.07, 6.45) is 0.640. The summed E-state index contributed by atoms with van der Waals surface area (Å²) in [5, 5.41) is 0.772. The minimum atomic E-state index is -0.469. The molecule has 2 heterocycles. The molecule has 3 aromatic rings. The van der Waals surface area contributed by atoms with Gasteiger partial charge in [0.05, 0.1) is 19.9 Å². The molecule has 0 aliphatic rings. The molecule has 0 bridgehead atoms. The minimum absolute atomic E-state index is 0.179. The van der Waals surface area contributed by atoms with Gasteiger partial charge in [0.2, 0.25) is 5.91 Å². The number of carbonyl (C=O) groups excluding carboxylic acids is 2. The molecule has 4 N–H and O–H groups in total. The Morgan fingerprint density at radius 1 is 1.07 bits per heavy atom. The summed E-state index contributed by atoms with van der Waals surface area (Å²) < 4.78 is 10.5. The fraction of sp³-hybridized carbons (Fsp3) is 0.286. The van der Waals surface area contributed by atoms with Gasteiger partial charge in [-0.25, -0.2) is 4.98 Å². The van der Waals surface area contributed by atoms with Crippen LogP contribution in [0.1, 0.15) is 32.9 Å². The number of methoxy groups -OCH3 is 2. The SMILES string of the molecule is COc1cc(CCC(=O)NNC(=O)c2sc3nc(C)cc(C)c3c2N)cc(OC)c1. The zero-order valence-electron chi connectivity index (χ0n) is 17.3. The van der Waals surface area contributed by atoms with E-state index in [1.807, 2.05) is 32.0 Å². The second kappa shape index (κ2) is 9.00. The number of thiophene rings is 1. The third-order valence-electron chi connectivity index (χ3n) is 4.60. The number of hydrazine groups is 1. The molecule has 0 spiro atoms. The van der Waals surface area contributed by atoms with Gasteiger partial charge in [0, 0.05) is 23.6 Å². The van der Waals surface area contributed by atoms with Crippen LogP contribution in [0.4, 0.5) is 5.69 Å². The first-order valence-electron chi connectivity index (χ1n) is 9.29. The summed E-state index contributed by atoms with van der Waals surface area (Å²) in [6.45, 7) is 3.82. The predicted molar refractivity (Wildman–Crippen MR) is 117 cm³/mol. The average Bonchev–Trinajstić information content (AvgIpc) is 3.06. The molecule has 2 amide bonds. The first kappa shape index (κ1) is 21.4. The number of hydrogen-bond donors (Lipinski definition) is 3. The topological polar surface area (TPSA) is 116 Å². The van der Waals surface area contributed by atoms with Crippen LogP contribution in [0.3, 0.4) is 0 Å². The molecule has 0 saturated carbocycles. The fourth-order valence-corrected chi connectivity index (χ4v) is 4.26. The minimum Gasteiger partial charge on any atom is -0.497 e. The van der Waals surface area contributed by atoms with Crippen molar-refractivity contribution in [3.05, 3.63) is 46.0 Å². The second-order valence-corrected chi connectivity index (χ2v) is 7.83. The van der Waals surface area contributed by atoms with E-state index in [4.69, 9.17) is 15.2 Å². The molecule has 30 heavy (non-hydrogen) atoms. The van der Waals surface area contributed by atoms with Gasteiger partial charge < -0.3 is 15.2 Å². The van der Waals surface area contributed by atoms with Crippen LogP contribution in [0, 0.1) is 13.8 Å². The molecule has 0 aliphatic heterocycles. The van der Waals surface area contributed by atoms with Crippen LogP contribution in [0.25, 0.3) is 10.2 Å². The quantitative estimate of drug-likeness (QED) is 0.520. The van der Waals surface area contributed by atoms with Crippen LogP contribution in [-0.4, -0.2) is 31.0 Å². The number of rotatable bonds is 6. The molecule has 0 unspecified atom stereocenters. The maximum atomic E-state index is 12.5. The molecule has 0 aliphatic carbocycles. The highest BCUT2D eigenvalue weighted by atomic mass is 32.1. The normalized spacial score (nSPS) is 10.7. The van der Waals surface area contributed by atoms with Crippen LogP contribution >= 0.6 is 11.3 Å². The lowest BCUT2D eigenvalue weighted by Gasteiger charge is -2.09. The monoisotopic (exact) mass is 428 g/mol. The molecule has 8 nitrogen and oxygen atoms in total. The van der Waals surface area contributed by atoms with Crippen molar-refractivity contribution in [2.24, 2.45) is 0 Å². The molecule has 2 aromatic heterocycles. The number of ether oxygens (including phenoxy) is 2. The van der Waals surface area contributed by atoms with Crippen LogP contribution in [0.2, 0.25) is 0 Å². The highest BCUT2D eigenvalue weighted by Crippen LogP contribution is 2.34. The highest BCUT2D eigenvalue weighted by molar-refractivity contribution is 7.21. The Kier molecular flexibility index (Phi) is 6.41. The van der Waals surface area contributed by atoms with Crippen LogP contribution in [0.15, 0.2) is 24.3 Å². The standard InChI is InChI=1S/C21H24N4O4S/c1-11-7-12(2)23-21-17(11)18(22)19(30-21)20(27)25-24-16(26)6-5-13-8-14(28-3)10-15(9-13)29-4/h7-10H,5-6,22H2,1-4H3,(H,24,26)(H,25,27). The van der Waals surface area contributed by atoms with Gasteiger partial charge in [0.15, 0.2) is 0 Å².